The van der Waals surface area contributed by atoms with Crippen molar-refractivity contribution in [2.24, 2.45) is 5.92 Å². The third-order valence-electron chi connectivity index (χ3n) is 6.42. The van der Waals surface area contributed by atoms with E-state index in [1.807, 2.05) is 94.6 Å². The van der Waals surface area contributed by atoms with Crippen molar-refractivity contribution in [2.75, 3.05) is 18.4 Å². The quantitative estimate of drug-likeness (QED) is 0.432. The number of piperidine rings is 1. The van der Waals surface area contributed by atoms with Gasteiger partial charge in [-0.1, -0.05) is 78.9 Å². The lowest BCUT2D eigenvalue weighted by Crippen LogP contribution is -2.41. The molecule has 2 amide bonds. The van der Waals surface area contributed by atoms with Gasteiger partial charge >= 0.3 is 0 Å². The number of anilines is 1. The molecule has 0 spiro atoms. The Bertz CT molecular complexity index is 1280. The molecule has 0 atom stereocenters. The monoisotopic (exact) mass is 464 g/mol. The van der Waals surface area contributed by atoms with Crippen LogP contribution in [0.15, 0.2) is 97.2 Å². The summed E-state index contributed by atoms with van der Waals surface area (Å²) >= 11 is 0. The van der Waals surface area contributed by atoms with Gasteiger partial charge in [-0.15, -0.1) is 0 Å². The maximum Gasteiger partial charge on any atom is 0.257 e. The number of likely N-dealkylation sites (tertiary alicyclic amines) is 1. The first-order valence-corrected chi connectivity index (χ1v) is 12.0. The molecule has 176 valence electrons. The number of rotatable bonds is 6. The van der Waals surface area contributed by atoms with E-state index in [4.69, 9.17) is 5.10 Å². The lowest BCUT2D eigenvalue weighted by molar-refractivity contribution is -0.121. The van der Waals surface area contributed by atoms with Crippen molar-refractivity contribution in [1.82, 2.24) is 14.7 Å². The molecule has 0 aliphatic carbocycles. The molecule has 6 heteroatoms. The van der Waals surface area contributed by atoms with E-state index in [0.29, 0.717) is 43.7 Å². The highest BCUT2D eigenvalue weighted by Gasteiger charge is 2.30. The second-order valence-electron chi connectivity index (χ2n) is 8.86. The van der Waals surface area contributed by atoms with E-state index in [1.54, 1.807) is 0 Å². The lowest BCUT2D eigenvalue weighted by Gasteiger charge is -2.31. The first kappa shape index (κ1) is 22.6. The van der Waals surface area contributed by atoms with Crippen molar-refractivity contribution in [3.05, 3.63) is 108 Å². The third-order valence-corrected chi connectivity index (χ3v) is 6.42. The molecule has 1 N–H and O–H groups in total. The van der Waals surface area contributed by atoms with Crippen molar-refractivity contribution in [2.45, 2.75) is 19.4 Å². The number of hydrogen-bond donors (Lipinski definition) is 1. The Labute approximate surface area is 205 Å². The number of carbonyl (C=O) groups is 2. The predicted octanol–water partition coefficient (Wildman–Crippen LogP) is 5.09. The molecular formula is C29H28N4O2. The molecule has 35 heavy (non-hydrogen) atoms. The van der Waals surface area contributed by atoms with E-state index in [-0.39, 0.29) is 17.7 Å². The first-order chi connectivity index (χ1) is 17.2. The molecule has 1 aromatic heterocycles. The van der Waals surface area contributed by atoms with Crippen LogP contribution in [0.4, 0.5) is 5.69 Å². The second-order valence-corrected chi connectivity index (χ2v) is 8.86. The number of para-hydroxylation sites is 1. The minimum Gasteiger partial charge on any atom is -0.338 e. The van der Waals surface area contributed by atoms with E-state index in [9.17, 15) is 9.59 Å². The van der Waals surface area contributed by atoms with Gasteiger partial charge in [0, 0.05) is 36.5 Å². The van der Waals surface area contributed by atoms with E-state index >= 15 is 0 Å². The Hall–Kier alpha value is -4.19. The minimum absolute atomic E-state index is 0.0176. The molecule has 1 aliphatic rings. The van der Waals surface area contributed by atoms with E-state index in [1.165, 1.54) is 0 Å². The molecule has 0 radical (unpaired) electrons. The van der Waals surface area contributed by atoms with Crippen molar-refractivity contribution in [3.8, 4) is 11.3 Å². The molecular weight excluding hydrogens is 436 g/mol. The number of nitrogens with one attached hydrogen (secondary N) is 1. The summed E-state index contributed by atoms with van der Waals surface area (Å²) in [5.41, 5.74) is 4.13. The molecule has 5 rings (SSSR count). The van der Waals surface area contributed by atoms with Gasteiger partial charge in [-0.05, 0) is 30.5 Å². The van der Waals surface area contributed by atoms with E-state index in [0.717, 1.165) is 16.8 Å². The highest BCUT2D eigenvalue weighted by Crippen LogP contribution is 2.26. The van der Waals surface area contributed by atoms with Crippen LogP contribution in [0.25, 0.3) is 11.3 Å². The highest BCUT2D eigenvalue weighted by atomic mass is 16.2. The van der Waals surface area contributed by atoms with Gasteiger partial charge in [-0.2, -0.15) is 5.10 Å². The van der Waals surface area contributed by atoms with Gasteiger partial charge in [-0.25, -0.2) is 0 Å². The topological polar surface area (TPSA) is 67.2 Å². The summed E-state index contributed by atoms with van der Waals surface area (Å²) in [5.74, 6) is -0.123. The molecule has 2 heterocycles. The van der Waals surface area contributed by atoms with Crippen LogP contribution in [0.2, 0.25) is 0 Å². The molecule has 0 bridgehead atoms. The molecule has 3 aromatic carbocycles. The number of nitrogens with zero attached hydrogens (tertiary/aromatic N) is 3. The van der Waals surface area contributed by atoms with Gasteiger partial charge in [0.15, 0.2) is 0 Å². The fourth-order valence-electron chi connectivity index (χ4n) is 4.52. The van der Waals surface area contributed by atoms with E-state index < -0.39 is 0 Å². The van der Waals surface area contributed by atoms with Gasteiger partial charge in [0.2, 0.25) is 5.91 Å². The number of carbonyl (C=O) groups excluding carboxylic acids is 2. The number of hydrogen-bond acceptors (Lipinski definition) is 3. The Kier molecular flexibility index (Phi) is 6.70. The van der Waals surface area contributed by atoms with Gasteiger partial charge in [0.25, 0.3) is 5.91 Å². The molecule has 1 fully saturated rings. The molecule has 1 saturated heterocycles. The van der Waals surface area contributed by atoms with Crippen LogP contribution >= 0.6 is 0 Å². The first-order valence-electron chi connectivity index (χ1n) is 12.0. The summed E-state index contributed by atoms with van der Waals surface area (Å²) in [6, 6.07) is 29.4. The van der Waals surface area contributed by atoms with Crippen molar-refractivity contribution >= 4 is 17.5 Å². The van der Waals surface area contributed by atoms with Gasteiger partial charge in [0.05, 0.1) is 12.1 Å². The third kappa shape index (κ3) is 5.32. The Morgan fingerprint density at radius 3 is 2.09 bits per heavy atom. The molecule has 1 aliphatic heterocycles. The zero-order valence-electron chi connectivity index (χ0n) is 19.5. The smallest absolute Gasteiger partial charge is 0.257 e. The van der Waals surface area contributed by atoms with Crippen molar-refractivity contribution in [1.29, 1.82) is 0 Å². The molecule has 4 aromatic rings. The summed E-state index contributed by atoms with van der Waals surface area (Å²) in [5, 5.41) is 7.78. The van der Waals surface area contributed by atoms with Gasteiger partial charge in [0.1, 0.15) is 5.69 Å². The summed E-state index contributed by atoms with van der Waals surface area (Å²) in [4.78, 5) is 28.2. The van der Waals surface area contributed by atoms with Crippen LogP contribution in [-0.4, -0.2) is 39.6 Å². The largest absolute Gasteiger partial charge is 0.338 e. The fraction of sp³-hybridized carbons (Fsp3) is 0.207. The van der Waals surface area contributed by atoms with Crippen LogP contribution < -0.4 is 5.32 Å². The van der Waals surface area contributed by atoms with E-state index in [2.05, 4.69) is 17.4 Å². The molecule has 0 unspecified atom stereocenters. The highest BCUT2D eigenvalue weighted by molar-refractivity contribution is 6.00. The Morgan fingerprint density at radius 1 is 0.829 bits per heavy atom. The molecule has 6 nitrogen and oxygen atoms in total. The van der Waals surface area contributed by atoms with Crippen LogP contribution in [0.5, 0.6) is 0 Å². The SMILES string of the molecule is O=C(Nc1ccccc1)C1CCN(C(=O)c2cn(Cc3ccccc3)nc2-c2ccccc2)CC1. The average molecular weight is 465 g/mol. The Morgan fingerprint density at radius 2 is 1.43 bits per heavy atom. The van der Waals surface area contributed by atoms with Crippen LogP contribution in [0.1, 0.15) is 28.8 Å². The predicted molar refractivity (Wildman–Crippen MR) is 137 cm³/mol. The van der Waals surface area contributed by atoms with Gasteiger partial charge in [-0.3, -0.25) is 14.3 Å². The van der Waals surface area contributed by atoms with Gasteiger partial charge < -0.3 is 10.2 Å². The fourth-order valence-corrected chi connectivity index (χ4v) is 4.52. The van der Waals surface area contributed by atoms with Crippen LogP contribution in [0, 0.1) is 5.92 Å². The molecule has 0 saturated carbocycles. The lowest BCUT2D eigenvalue weighted by atomic mass is 9.95. The average Bonchev–Trinajstić information content (AvgIpc) is 3.33. The summed E-state index contributed by atoms with van der Waals surface area (Å²) < 4.78 is 1.84. The van der Waals surface area contributed by atoms with Crippen molar-refractivity contribution in [3.63, 3.8) is 0 Å². The maximum atomic E-state index is 13.6. The number of benzene rings is 3. The standard InChI is InChI=1S/C29H28N4O2/c34-28(30-25-14-8-3-9-15-25)24-16-18-32(19-17-24)29(35)26-21-33(20-22-10-4-1-5-11-22)31-27(26)23-12-6-2-7-13-23/h1-15,21,24H,16-20H2,(H,30,34). The van der Waals surface area contributed by atoms with Crippen LogP contribution in [-0.2, 0) is 11.3 Å². The summed E-state index contributed by atoms with van der Waals surface area (Å²) in [7, 11) is 0. The zero-order valence-corrected chi connectivity index (χ0v) is 19.5. The normalized spacial score (nSPS) is 14.0. The second kappa shape index (κ2) is 10.4. The van der Waals surface area contributed by atoms with Crippen LogP contribution in [0.3, 0.4) is 0 Å². The summed E-state index contributed by atoms with van der Waals surface area (Å²) in [6.45, 7) is 1.68. The minimum atomic E-state index is -0.103. The summed E-state index contributed by atoms with van der Waals surface area (Å²) in [6.07, 6.45) is 3.14. The zero-order chi connectivity index (χ0) is 24.0. The number of aromatic nitrogens is 2. The maximum absolute atomic E-state index is 13.6. The Balaban J connectivity index is 1.31. The number of amides is 2. The van der Waals surface area contributed by atoms with Crippen molar-refractivity contribution < 1.29 is 9.59 Å².